The molecular formula is C14H24N2O. The van der Waals surface area contributed by atoms with Crippen molar-refractivity contribution in [3.05, 3.63) is 18.2 Å². The molecule has 0 saturated heterocycles. The average Bonchev–Trinajstić information content (AvgIpc) is 2.80. The van der Waals surface area contributed by atoms with Crippen LogP contribution in [0, 0.1) is 17.8 Å². The van der Waals surface area contributed by atoms with E-state index >= 15 is 0 Å². The van der Waals surface area contributed by atoms with Crippen LogP contribution < -0.4 is 0 Å². The van der Waals surface area contributed by atoms with Crippen molar-refractivity contribution in [3.63, 3.8) is 0 Å². The highest BCUT2D eigenvalue weighted by atomic mass is 16.3. The second-order valence-electron chi connectivity index (χ2n) is 5.58. The van der Waals surface area contributed by atoms with E-state index in [0.717, 1.165) is 36.9 Å². The van der Waals surface area contributed by atoms with Gasteiger partial charge in [-0.25, -0.2) is 4.98 Å². The predicted octanol–water partition coefficient (Wildman–Crippen LogP) is 3.01. The van der Waals surface area contributed by atoms with Gasteiger partial charge in [-0.15, -0.1) is 0 Å². The molecule has 1 heterocycles. The van der Waals surface area contributed by atoms with Crippen LogP contribution in [-0.4, -0.2) is 14.7 Å². The number of aromatic nitrogens is 2. The van der Waals surface area contributed by atoms with E-state index in [-0.39, 0.29) is 6.10 Å². The van der Waals surface area contributed by atoms with Crippen LogP contribution in [-0.2, 0) is 6.54 Å². The zero-order valence-electron chi connectivity index (χ0n) is 11.1. The zero-order chi connectivity index (χ0) is 12.4. The Hall–Kier alpha value is -0.830. The van der Waals surface area contributed by atoms with E-state index in [1.807, 2.05) is 17.1 Å². The molecule has 96 valence electrons. The minimum absolute atomic E-state index is 0.340. The molecule has 1 aliphatic rings. The van der Waals surface area contributed by atoms with Crippen LogP contribution >= 0.6 is 0 Å². The molecular weight excluding hydrogens is 212 g/mol. The molecule has 1 N–H and O–H groups in total. The third kappa shape index (κ3) is 2.54. The summed E-state index contributed by atoms with van der Waals surface area (Å²) in [6, 6.07) is 0. The van der Waals surface area contributed by atoms with Crippen molar-refractivity contribution in [2.45, 2.75) is 52.7 Å². The average molecular weight is 236 g/mol. The highest BCUT2D eigenvalue weighted by Gasteiger charge is 2.31. The highest BCUT2D eigenvalue weighted by molar-refractivity contribution is 5.05. The summed E-state index contributed by atoms with van der Waals surface area (Å²) >= 11 is 0. The van der Waals surface area contributed by atoms with E-state index in [1.165, 1.54) is 6.42 Å². The smallest absolute Gasteiger partial charge is 0.0983 e. The molecule has 4 unspecified atom stereocenters. The van der Waals surface area contributed by atoms with Crippen molar-refractivity contribution in [2.75, 3.05) is 0 Å². The molecule has 3 heteroatoms. The van der Waals surface area contributed by atoms with Crippen LogP contribution in [0.4, 0.5) is 0 Å². The van der Waals surface area contributed by atoms with Crippen molar-refractivity contribution in [2.24, 2.45) is 17.8 Å². The van der Waals surface area contributed by atoms with Gasteiger partial charge < -0.3 is 9.67 Å². The molecule has 0 radical (unpaired) electrons. The van der Waals surface area contributed by atoms with Crippen LogP contribution in [0.2, 0.25) is 0 Å². The van der Waals surface area contributed by atoms with Crippen molar-refractivity contribution in [1.29, 1.82) is 0 Å². The first kappa shape index (κ1) is 12.6. The molecule has 0 aliphatic heterocycles. The minimum atomic E-state index is -0.340. The third-order valence-corrected chi connectivity index (χ3v) is 4.47. The molecule has 1 aromatic rings. The lowest BCUT2D eigenvalue weighted by Gasteiger charge is -2.34. The molecule has 1 saturated carbocycles. The van der Waals surface area contributed by atoms with Crippen LogP contribution in [0.25, 0.3) is 0 Å². The van der Waals surface area contributed by atoms with Gasteiger partial charge in [0.2, 0.25) is 0 Å². The first-order valence-electron chi connectivity index (χ1n) is 6.81. The fourth-order valence-corrected chi connectivity index (χ4v) is 2.96. The van der Waals surface area contributed by atoms with Crippen LogP contribution in [0.5, 0.6) is 0 Å². The maximum Gasteiger partial charge on any atom is 0.0983 e. The standard InChI is InChI=1S/C14H24N2O/c1-4-16-9-15-8-13(16)14(17)12-6-5-10(2)11(3)7-12/h8-12,14,17H,4-7H2,1-3H3. The van der Waals surface area contributed by atoms with E-state index in [1.54, 1.807) is 0 Å². The molecule has 4 atom stereocenters. The summed E-state index contributed by atoms with van der Waals surface area (Å²) in [5.41, 5.74) is 0.985. The van der Waals surface area contributed by atoms with Gasteiger partial charge in [0.05, 0.1) is 24.3 Å². The molecule has 17 heavy (non-hydrogen) atoms. The Labute approximate surface area is 104 Å². The number of aryl methyl sites for hydroxylation is 1. The number of nitrogens with zero attached hydrogens (tertiary/aromatic N) is 2. The van der Waals surface area contributed by atoms with Crippen LogP contribution in [0.1, 0.15) is 51.8 Å². The number of aliphatic hydroxyl groups is 1. The Morgan fingerprint density at radius 2 is 2.18 bits per heavy atom. The first-order valence-corrected chi connectivity index (χ1v) is 6.81. The van der Waals surface area contributed by atoms with Gasteiger partial charge >= 0.3 is 0 Å². The van der Waals surface area contributed by atoms with Gasteiger partial charge in [0, 0.05) is 6.54 Å². The summed E-state index contributed by atoms with van der Waals surface area (Å²) in [6.45, 7) is 7.60. The molecule has 1 fully saturated rings. The molecule has 3 nitrogen and oxygen atoms in total. The van der Waals surface area contributed by atoms with Crippen molar-refractivity contribution >= 4 is 0 Å². The predicted molar refractivity (Wildman–Crippen MR) is 68.5 cm³/mol. The van der Waals surface area contributed by atoms with E-state index in [2.05, 4.69) is 25.8 Å². The lowest BCUT2D eigenvalue weighted by molar-refractivity contribution is 0.0507. The molecule has 2 rings (SSSR count). The Bertz CT molecular complexity index is 361. The summed E-state index contributed by atoms with van der Waals surface area (Å²) in [4.78, 5) is 4.15. The maximum atomic E-state index is 10.5. The SMILES string of the molecule is CCn1cncc1C(O)C1CCC(C)C(C)C1. The van der Waals surface area contributed by atoms with E-state index in [9.17, 15) is 5.11 Å². The van der Waals surface area contributed by atoms with Crippen molar-refractivity contribution in [3.8, 4) is 0 Å². The van der Waals surface area contributed by atoms with Crippen molar-refractivity contribution in [1.82, 2.24) is 9.55 Å². The van der Waals surface area contributed by atoms with Crippen LogP contribution in [0.3, 0.4) is 0 Å². The van der Waals surface area contributed by atoms with Gasteiger partial charge in [-0.1, -0.05) is 20.3 Å². The second-order valence-corrected chi connectivity index (χ2v) is 5.58. The van der Waals surface area contributed by atoms with Gasteiger partial charge in [0.1, 0.15) is 0 Å². The number of hydrogen-bond donors (Lipinski definition) is 1. The summed E-state index contributed by atoms with van der Waals surface area (Å²) in [5.74, 6) is 1.93. The molecule has 0 aromatic carbocycles. The minimum Gasteiger partial charge on any atom is -0.387 e. The lowest BCUT2D eigenvalue weighted by atomic mass is 9.73. The Kier molecular flexibility index (Phi) is 3.87. The lowest BCUT2D eigenvalue weighted by Crippen LogP contribution is -2.26. The molecule has 0 spiro atoms. The van der Waals surface area contributed by atoms with Gasteiger partial charge in [-0.2, -0.15) is 0 Å². The number of rotatable bonds is 3. The first-order chi connectivity index (χ1) is 8.13. The molecule has 1 aliphatic carbocycles. The highest BCUT2D eigenvalue weighted by Crippen LogP contribution is 2.39. The Morgan fingerprint density at radius 3 is 2.82 bits per heavy atom. The van der Waals surface area contributed by atoms with E-state index in [4.69, 9.17) is 0 Å². The monoisotopic (exact) mass is 236 g/mol. The summed E-state index contributed by atoms with van der Waals surface area (Å²) in [5, 5.41) is 10.5. The van der Waals surface area contributed by atoms with Crippen molar-refractivity contribution < 1.29 is 5.11 Å². The number of imidazole rings is 1. The molecule has 1 aromatic heterocycles. The van der Waals surface area contributed by atoms with Gasteiger partial charge in [-0.3, -0.25) is 0 Å². The zero-order valence-corrected chi connectivity index (χ0v) is 11.1. The third-order valence-electron chi connectivity index (χ3n) is 4.47. The van der Waals surface area contributed by atoms with Gasteiger partial charge in [0.25, 0.3) is 0 Å². The maximum absolute atomic E-state index is 10.5. The fraction of sp³-hybridized carbons (Fsp3) is 0.786. The van der Waals surface area contributed by atoms with Gasteiger partial charge in [-0.05, 0) is 37.5 Å². The number of hydrogen-bond acceptors (Lipinski definition) is 2. The largest absolute Gasteiger partial charge is 0.387 e. The summed E-state index contributed by atoms with van der Waals surface area (Å²) < 4.78 is 2.05. The van der Waals surface area contributed by atoms with Gasteiger partial charge in [0.15, 0.2) is 0 Å². The quantitative estimate of drug-likeness (QED) is 0.876. The second kappa shape index (κ2) is 5.21. The Morgan fingerprint density at radius 1 is 1.41 bits per heavy atom. The van der Waals surface area contributed by atoms with Crippen LogP contribution in [0.15, 0.2) is 12.5 Å². The Balaban J connectivity index is 2.07. The number of aliphatic hydroxyl groups excluding tert-OH is 1. The molecule has 0 amide bonds. The molecule has 0 bridgehead atoms. The summed E-state index contributed by atoms with van der Waals surface area (Å²) in [6.07, 6.45) is 6.80. The normalized spacial score (nSPS) is 31.4. The topological polar surface area (TPSA) is 38.0 Å². The van der Waals surface area contributed by atoms with E-state index < -0.39 is 0 Å². The van der Waals surface area contributed by atoms with E-state index in [0.29, 0.717) is 5.92 Å². The summed E-state index contributed by atoms with van der Waals surface area (Å²) in [7, 11) is 0. The fourth-order valence-electron chi connectivity index (χ4n) is 2.96.